The van der Waals surface area contributed by atoms with E-state index in [1.165, 1.54) is 12.2 Å². The molecule has 0 aliphatic heterocycles. The molecule has 1 aromatic heterocycles. The minimum atomic E-state index is -0.527. The van der Waals surface area contributed by atoms with Gasteiger partial charge < -0.3 is 19.3 Å². The SMILES string of the molecule is CCOC(=O)C=Cc1cc(C(CC(C)C)NC(=O)OCc2ccccc2)no1. The van der Waals surface area contributed by atoms with E-state index in [1.54, 1.807) is 13.0 Å². The van der Waals surface area contributed by atoms with Crippen LogP contribution in [0.1, 0.15) is 50.3 Å². The number of alkyl carbamates (subject to hydrolysis) is 1. The van der Waals surface area contributed by atoms with E-state index in [2.05, 4.69) is 10.5 Å². The lowest BCUT2D eigenvalue weighted by Gasteiger charge is -2.18. The summed E-state index contributed by atoms with van der Waals surface area (Å²) in [6, 6.07) is 10.8. The van der Waals surface area contributed by atoms with Crippen LogP contribution in [0, 0.1) is 5.92 Å². The summed E-state index contributed by atoms with van der Waals surface area (Å²) in [6.07, 6.45) is 2.89. The number of hydrogen-bond donors (Lipinski definition) is 1. The number of rotatable bonds is 9. The van der Waals surface area contributed by atoms with Gasteiger partial charge in [0.25, 0.3) is 0 Å². The summed E-state index contributed by atoms with van der Waals surface area (Å²) < 4.78 is 15.3. The van der Waals surface area contributed by atoms with Crippen molar-refractivity contribution in [2.45, 2.75) is 39.8 Å². The van der Waals surface area contributed by atoms with Crippen molar-refractivity contribution in [1.29, 1.82) is 0 Å². The van der Waals surface area contributed by atoms with Crippen molar-refractivity contribution in [2.24, 2.45) is 5.92 Å². The lowest BCUT2D eigenvalue weighted by Crippen LogP contribution is -2.30. The monoisotopic (exact) mass is 386 g/mol. The van der Waals surface area contributed by atoms with Gasteiger partial charge in [-0.05, 0) is 30.9 Å². The van der Waals surface area contributed by atoms with Crippen LogP contribution in [-0.2, 0) is 20.9 Å². The molecule has 0 aliphatic rings. The Morgan fingerprint density at radius 1 is 1.21 bits per heavy atom. The summed E-state index contributed by atoms with van der Waals surface area (Å²) in [5.74, 6) is 0.257. The van der Waals surface area contributed by atoms with Gasteiger partial charge in [-0.25, -0.2) is 9.59 Å². The summed E-state index contributed by atoms with van der Waals surface area (Å²) in [5.41, 5.74) is 1.47. The van der Waals surface area contributed by atoms with Crippen LogP contribution < -0.4 is 5.32 Å². The number of carbonyl (C=O) groups excluding carboxylic acids is 2. The van der Waals surface area contributed by atoms with E-state index in [-0.39, 0.29) is 12.6 Å². The molecule has 2 rings (SSSR count). The Morgan fingerprint density at radius 2 is 1.96 bits per heavy atom. The van der Waals surface area contributed by atoms with Gasteiger partial charge in [-0.3, -0.25) is 0 Å². The molecule has 0 saturated heterocycles. The van der Waals surface area contributed by atoms with Crippen LogP contribution in [0.3, 0.4) is 0 Å². The predicted molar refractivity (Wildman–Crippen MR) is 104 cm³/mol. The molecule has 1 aromatic carbocycles. The van der Waals surface area contributed by atoms with Crippen LogP contribution >= 0.6 is 0 Å². The Bertz CT molecular complexity index is 783. The van der Waals surface area contributed by atoms with E-state index >= 15 is 0 Å². The maximum absolute atomic E-state index is 12.2. The number of ether oxygens (including phenoxy) is 2. The van der Waals surface area contributed by atoms with Crippen LogP contribution in [0.4, 0.5) is 4.79 Å². The van der Waals surface area contributed by atoms with Crippen LogP contribution in [0.25, 0.3) is 6.08 Å². The molecule has 0 radical (unpaired) electrons. The summed E-state index contributed by atoms with van der Waals surface area (Å²) in [4.78, 5) is 23.6. The number of benzene rings is 1. The highest BCUT2D eigenvalue weighted by molar-refractivity contribution is 5.86. The van der Waals surface area contributed by atoms with Crippen LogP contribution in [-0.4, -0.2) is 23.8 Å². The molecule has 28 heavy (non-hydrogen) atoms. The third kappa shape index (κ3) is 7.26. The van der Waals surface area contributed by atoms with Crippen molar-refractivity contribution in [2.75, 3.05) is 6.61 Å². The van der Waals surface area contributed by atoms with Crippen LogP contribution in [0.15, 0.2) is 47.0 Å². The van der Waals surface area contributed by atoms with Gasteiger partial charge in [-0.1, -0.05) is 49.3 Å². The number of aromatic nitrogens is 1. The van der Waals surface area contributed by atoms with Gasteiger partial charge in [0.05, 0.1) is 12.6 Å². The quantitative estimate of drug-likeness (QED) is 0.511. The molecular weight excluding hydrogens is 360 g/mol. The van der Waals surface area contributed by atoms with Crippen molar-refractivity contribution >= 4 is 18.1 Å². The third-order valence-electron chi connectivity index (χ3n) is 3.79. The molecule has 7 heteroatoms. The van der Waals surface area contributed by atoms with Crippen molar-refractivity contribution in [3.63, 3.8) is 0 Å². The summed E-state index contributed by atoms with van der Waals surface area (Å²) in [7, 11) is 0. The normalized spacial score (nSPS) is 12.1. The molecule has 1 heterocycles. The second-order valence-electron chi connectivity index (χ2n) is 6.63. The predicted octanol–water partition coefficient (Wildman–Crippen LogP) is 4.26. The van der Waals surface area contributed by atoms with E-state index in [0.717, 1.165) is 5.56 Å². The van der Waals surface area contributed by atoms with Gasteiger partial charge in [0.1, 0.15) is 12.3 Å². The first-order valence-corrected chi connectivity index (χ1v) is 9.26. The number of esters is 1. The molecule has 150 valence electrons. The van der Waals surface area contributed by atoms with E-state index < -0.39 is 12.1 Å². The molecule has 1 atom stereocenters. The van der Waals surface area contributed by atoms with Gasteiger partial charge in [0, 0.05) is 12.1 Å². The fraction of sp³-hybridized carbons (Fsp3) is 0.381. The lowest BCUT2D eigenvalue weighted by molar-refractivity contribution is -0.137. The molecule has 0 saturated carbocycles. The summed E-state index contributed by atoms with van der Waals surface area (Å²) in [5, 5.41) is 6.85. The molecule has 7 nitrogen and oxygen atoms in total. The Balaban J connectivity index is 1.98. The van der Waals surface area contributed by atoms with Gasteiger partial charge in [-0.15, -0.1) is 0 Å². The van der Waals surface area contributed by atoms with E-state index in [0.29, 0.717) is 30.4 Å². The Kier molecular flexibility index (Phi) is 8.27. The number of carbonyl (C=O) groups is 2. The molecule has 0 bridgehead atoms. The largest absolute Gasteiger partial charge is 0.463 e. The van der Waals surface area contributed by atoms with Crippen molar-refractivity contribution in [1.82, 2.24) is 10.5 Å². The topological polar surface area (TPSA) is 90.7 Å². The van der Waals surface area contributed by atoms with E-state index in [9.17, 15) is 9.59 Å². The number of hydrogen-bond acceptors (Lipinski definition) is 6. The molecule has 2 aromatic rings. The zero-order chi connectivity index (χ0) is 20.4. The van der Waals surface area contributed by atoms with Gasteiger partial charge >= 0.3 is 12.1 Å². The summed E-state index contributed by atoms with van der Waals surface area (Å²) in [6.45, 7) is 6.32. The van der Waals surface area contributed by atoms with Crippen molar-refractivity contribution in [3.05, 3.63) is 59.5 Å². The number of nitrogens with zero attached hydrogens (tertiary/aromatic N) is 1. The highest BCUT2D eigenvalue weighted by Gasteiger charge is 2.20. The highest BCUT2D eigenvalue weighted by Crippen LogP contribution is 2.22. The molecule has 1 amide bonds. The Hall–Kier alpha value is -3.09. The average Bonchev–Trinajstić information content (AvgIpc) is 3.14. The Labute approximate surface area is 164 Å². The molecule has 1 N–H and O–H groups in total. The molecular formula is C21H26N2O5. The van der Waals surface area contributed by atoms with Crippen molar-refractivity contribution < 1.29 is 23.6 Å². The zero-order valence-corrected chi connectivity index (χ0v) is 16.4. The number of nitrogens with one attached hydrogen (secondary N) is 1. The Morgan fingerprint density at radius 3 is 2.64 bits per heavy atom. The smallest absolute Gasteiger partial charge is 0.408 e. The molecule has 0 aliphatic carbocycles. The minimum Gasteiger partial charge on any atom is -0.463 e. The van der Waals surface area contributed by atoms with Gasteiger partial charge in [0.15, 0.2) is 5.76 Å². The lowest BCUT2D eigenvalue weighted by atomic mass is 10.0. The first kappa shape index (κ1) is 21.2. The fourth-order valence-corrected chi connectivity index (χ4v) is 2.52. The second kappa shape index (κ2) is 10.9. The van der Waals surface area contributed by atoms with E-state index in [1.807, 2.05) is 44.2 Å². The maximum Gasteiger partial charge on any atom is 0.408 e. The number of amides is 1. The summed E-state index contributed by atoms with van der Waals surface area (Å²) >= 11 is 0. The highest BCUT2D eigenvalue weighted by atomic mass is 16.5. The first-order valence-electron chi connectivity index (χ1n) is 9.26. The molecule has 0 fully saturated rings. The molecule has 1 unspecified atom stereocenters. The standard InChI is InChI=1S/C21H26N2O5/c1-4-26-20(24)11-10-17-13-19(23-28-17)18(12-15(2)3)22-21(25)27-14-16-8-6-5-7-9-16/h5-11,13,15,18H,4,12,14H2,1-3H3,(H,22,25). The first-order chi connectivity index (χ1) is 13.5. The maximum atomic E-state index is 12.2. The minimum absolute atomic E-state index is 0.188. The van der Waals surface area contributed by atoms with Gasteiger partial charge in [-0.2, -0.15) is 0 Å². The fourth-order valence-electron chi connectivity index (χ4n) is 2.52. The van der Waals surface area contributed by atoms with Gasteiger partial charge in [0.2, 0.25) is 0 Å². The second-order valence-corrected chi connectivity index (χ2v) is 6.63. The zero-order valence-electron chi connectivity index (χ0n) is 16.4. The van der Waals surface area contributed by atoms with Crippen LogP contribution in [0.2, 0.25) is 0 Å². The average molecular weight is 386 g/mol. The van der Waals surface area contributed by atoms with Crippen LogP contribution in [0.5, 0.6) is 0 Å². The molecule has 0 spiro atoms. The van der Waals surface area contributed by atoms with Crippen molar-refractivity contribution in [3.8, 4) is 0 Å². The van der Waals surface area contributed by atoms with E-state index in [4.69, 9.17) is 14.0 Å². The third-order valence-corrected chi connectivity index (χ3v) is 3.79.